The molecular weight excluding hydrogens is 449 g/mol. The lowest BCUT2D eigenvalue weighted by atomic mass is 9.91. The number of ether oxygens (including phenoxy) is 2. The van der Waals surface area contributed by atoms with Crippen molar-refractivity contribution in [2.45, 2.75) is 30.7 Å². The number of likely N-dealkylation sites (tertiary alicyclic amines) is 1. The van der Waals surface area contributed by atoms with Gasteiger partial charge in [-0.1, -0.05) is 18.2 Å². The molecule has 2 aromatic carbocycles. The van der Waals surface area contributed by atoms with Crippen molar-refractivity contribution in [3.63, 3.8) is 0 Å². The number of piperidine rings is 1. The Bertz CT molecular complexity index is 1200. The molecule has 0 atom stereocenters. The summed E-state index contributed by atoms with van der Waals surface area (Å²) in [6.07, 6.45) is -2.28. The predicted molar refractivity (Wildman–Crippen MR) is 117 cm³/mol. The summed E-state index contributed by atoms with van der Waals surface area (Å²) in [6, 6.07) is 12.4. The minimum Gasteiger partial charge on any atom is -0.490 e. The summed E-state index contributed by atoms with van der Waals surface area (Å²) in [5.41, 5.74) is -0.650. The summed E-state index contributed by atoms with van der Waals surface area (Å²) >= 11 is 0. The molecule has 0 spiro atoms. The lowest BCUT2D eigenvalue weighted by molar-refractivity contribution is -0.184. The quantitative estimate of drug-likeness (QED) is 0.618. The zero-order valence-corrected chi connectivity index (χ0v) is 18.2. The molecule has 2 fully saturated rings. The molecule has 3 aromatic rings. The van der Waals surface area contributed by atoms with Gasteiger partial charge in [0.15, 0.2) is 0 Å². The van der Waals surface area contributed by atoms with Crippen LogP contribution in [0.25, 0.3) is 10.9 Å². The highest BCUT2D eigenvalue weighted by molar-refractivity contribution is 5.94. The van der Waals surface area contributed by atoms with E-state index in [0.29, 0.717) is 42.6 Å². The standard InChI is InChI=1S/C25H23F3N2O4/c26-25(27,28)20-3-1-2-19-21(8-11-29-22(19)20)34-18-9-12-30(13-10-18)23(31)16-4-6-17(7-5-16)24(32)14-33-15-24/h1-8,11,18,32H,9-10,12-15H2. The average molecular weight is 472 g/mol. The number of halogens is 3. The van der Waals surface area contributed by atoms with E-state index in [1.165, 1.54) is 12.3 Å². The van der Waals surface area contributed by atoms with Gasteiger partial charge in [0, 0.05) is 43.1 Å². The van der Waals surface area contributed by atoms with Crippen molar-refractivity contribution < 1.29 is 32.5 Å². The van der Waals surface area contributed by atoms with Gasteiger partial charge in [-0.25, -0.2) is 0 Å². The Labute approximate surface area is 193 Å². The number of alkyl halides is 3. The number of amides is 1. The number of hydrogen-bond donors (Lipinski definition) is 1. The van der Waals surface area contributed by atoms with Gasteiger partial charge in [0.1, 0.15) is 17.5 Å². The molecule has 9 heteroatoms. The predicted octanol–water partition coefficient (Wildman–Crippen LogP) is 4.16. The Kier molecular flexibility index (Phi) is 5.69. The number of carbonyl (C=O) groups is 1. The van der Waals surface area contributed by atoms with Crippen molar-refractivity contribution in [1.82, 2.24) is 9.88 Å². The lowest BCUT2D eigenvalue weighted by Crippen LogP contribution is -2.46. The third kappa shape index (κ3) is 4.21. The first-order valence-corrected chi connectivity index (χ1v) is 11.1. The van der Waals surface area contributed by atoms with Crippen molar-refractivity contribution in [3.05, 3.63) is 71.4 Å². The minimum absolute atomic E-state index is 0.106. The Balaban J connectivity index is 1.24. The van der Waals surface area contributed by atoms with Crippen LogP contribution < -0.4 is 4.74 Å². The fourth-order valence-electron chi connectivity index (χ4n) is 4.41. The van der Waals surface area contributed by atoms with E-state index >= 15 is 0 Å². The number of aliphatic hydroxyl groups is 1. The number of pyridine rings is 1. The van der Waals surface area contributed by atoms with Crippen LogP contribution >= 0.6 is 0 Å². The van der Waals surface area contributed by atoms with Gasteiger partial charge in [0.2, 0.25) is 0 Å². The molecule has 1 amide bonds. The van der Waals surface area contributed by atoms with Gasteiger partial charge in [-0.3, -0.25) is 9.78 Å². The first kappa shape index (κ1) is 22.6. The average Bonchev–Trinajstić information content (AvgIpc) is 2.82. The Morgan fingerprint density at radius 2 is 1.79 bits per heavy atom. The topological polar surface area (TPSA) is 71.9 Å². The molecule has 1 N–H and O–H groups in total. The zero-order valence-electron chi connectivity index (χ0n) is 18.2. The number of rotatable bonds is 4. The van der Waals surface area contributed by atoms with E-state index in [2.05, 4.69) is 4.98 Å². The van der Waals surface area contributed by atoms with E-state index in [4.69, 9.17) is 9.47 Å². The van der Waals surface area contributed by atoms with Crippen molar-refractivity contribution in [3.8, 4) is 5.75 Å². The molecule has 2 aliphatic rings. The van der Waals surface area contributed by atoms with Crippen molar-refractivity contribution in [1.29, 1.82) is 0 Å². The molecule has 5 rings (SSSR count). The Morgan fingerprint density at radius 3 is 2.41 bits per heavy atom. The van der Waals surface area contributed by atoms with E-state index in [1.807, 2.05) is 0 Å². The number of aromatic nitrogens is 1. The molecule has 3 heterocycles. The molecule has 0 aliphatic carbocycles. The second-order valence-corrected chi connectivity index (χ2v) is 8.72. The van der Waals surface area contributed by atoms with Gasteiger partial charge < -0.3 is 19.5 Å². The fourth-order valence-corrected chi connectivity index (χ4v) is 4.41. The molecule has 0 saturated carbocycles. The number of para-hydroxylation sites is 1. The van der Waals surface area contributed by atoms with E-state index in [1.54, 1.807) is 41.3 Å². The van der Waals surface area contributed by atoms with Crippen LogP contribution in [-0.4, -0.2) is 53.3 Å². The maximum Gasteiger partial charge on any atom is 0.418 e. The molecular formula is C25H23F3N2O4. The van der Waals surface area contributed by atoms with Crippen LogP contribution in [0.3, 0.4) is 0 Å². The summed E-state index contributed by atoms with van der Waals surface area (Å²) < 4.78 is 51.1. The third-order valence-electron chi connectivity index (χ3n) is 6.41. The van der Waals surface area contributed by atoms with Gasteiger partial charge in [-0.15, -0.1) is 0 Å². The molecule has 0 unspecified atom stereocenters. The van der Waals surface area contributed by atoms with Gasteiger partial charge in [0.25, 0.3) is 5.91 Å². The second-order valence-electron chi connectivity index (χ2n) is 8.72. The highest BCUT2D eigenvalue weighted by Gasteiger charge is 2.38. The minimum atomic E-state index is -4.50. The van der Waals surface area contributed by atoms with Gasteiger partial charge in [-0.2, -0.15) is 13.2 Å². The molecule has 34 heavy (non-hydrogen) atoms. The SMILES string of the molecule is O=C(c1ccc(C2(O)COC2)cc1)N1CCC(Oc2ccnc3c(C(F)(F)F)cccc23)CC1. The monoisotopic (exact) mass is 472 g/mol. The number of nitrogens with zero attached hydrogens (tertiary/aromatic N) is 2. The van der Waals surface area contributed by atoms with Crippen LogP contribution in [0.15, 0.2) is 54.7 Å². The highest BCUT2D eigenvalue weighted by atomic mass is 19.4. The Hall–Kier alpha value is -3.17. The van der Waals surface area contributed by atoms with E-state index < -0.39 is 17.3 Å². The molecule has 0 radical (unpaired) electrons. The molecule has 6 nitrogen and oxygen atoms in total. The molecule has 0 bridgehead atoms. The fraction of sp³-hybridized carbons (Fsp3) is 0.360. The van der Waals surface area contributed by atoms with Crippen molar-refractivity contribution in [2.24, 2.45) is 0 Å². The number of hydrogen-bond acceptors (Lipinski definition) is 5. The normalized spacial score (nSPS) is 18.5. The Morgan fingerprint density at radius 1 is 1.09 bits per heavy atom. The maximum absolute atomic E-state index is 13.3. The van der Waals surface area contributed by atoms with Crippen LogP contribution in [-0.2, 0) is 16.5 Å². The summed E-state index contributed by atoms with van der Waals surface area (Å²) in [7, 11) is 0. The lowest BCUT2D eigenvalue weighted by Gasteiger charge is -2.37. The van der Waals surface area contributed by atoms with Gasteiger partial charge in [-0.05, 0) is 35.9 Å². The van der Waals surface area contributed by atoms with E-state index in [9.17, 15) is 23.1 Å². The number of carbonyl (C=O) groups excluding carboxylic acids is 1. The second kappa shape index (κ2) is 8.56. The maximum atomic E-state index is 13.3. The first-order chi connectivity index (χ1) is 16.2. The smallest absolute Gasteiger partial charge is 0.418 e. The van der Waals surface area contributed by atoms with Crippen molar-refractivity contribution >= 4 is 16.8 Å². The van der Waals surface area contributed by atoms with Crippen LogP contribution in [0, 0.1) is 0 Å². The van der Waals surface area contributed by atoms with Crippen LogP contribution in [0.2, 0.25) is 0 Å². The van der Waals surface area contributed by atoms with Crippen molar-refractivity contribution in [2.75, 3.05) is 26.3 Å². The molecule has 1 aromatic heterocycles. The summed E-state index contributed by atoms with van der Waals surface area (Å²) in [5.74, 6) is 0.250. The number of fused-ring (bicyclic) bond motifs is 1. The van der Waals surface area contributed by atoms with Crippen LogP contribution in [0.4, 0.5) is 13.2 Å². The first-order valence-electron chi connectivity index (χ1n) is 11.1. The summed E-state index contributed by atoms with van der Waals surface area (Å²) in [4.78, 5) is 18.6. The van der Waals surface area contributed by atoms with Crippen LogP contribution in [0.1, 0.15) is 34.3 Å². The summed E-state index contributed by atoms with van der Waals surface area (Å²) in [6.45, 7) is 1.44. The molecule has 178 valence electrons. The van der Waals surface area contributed by atoms with Crippen LogP contribution in [0.5, 0.6) is 5.75 Å². The summed E-state index contributed by atoms with van der Waals surface area (Å²) in [5, 5.41) is 10.7. The van der Waals surface area contributed by atoms with Gasteiger partial charge >= 0.3 is 6.18 Å². The molecule has 2 saturated heterocycles. The number of benzene rings is 2. The highest BCUT2D eigenvalue weighted by Crippen LogP contribution is 2.37. The van der Waals surface area contributed by atoms with Gasteiger partial charge in [0.05, 0.1) is 24.3 Å². The van der Waals surface area contributed by atoms with E-state index in [0.717, 1.165) is 11.6 Å². The van der Waals surface area contributed by atoms with E-state index in [-0.39, 0.29) is 30.7 Å². The molecule has 2 aliphatic heterocycles. The largest absolute Gasteiger partial charge is 0.490 e. The zero-order chi connectivity index (χ0) is 23.9. The third-order valence-corrected chi connectivity index (χ3v) is 6.41.